The van der Waals surface area contributed by atoms with Crippen LogP contribution in [0.3, 0.4) is 0 Å². The van der Waals surface area contributed by atoms with Crippen molar-refractivity contribution in [2.75, 3.05) is 40.1 Å². The van der Waals surface area contributed by atoms with Crippen molar-refractivity contribution in [3.05, 3.63) is 35.4 Å². The molecule has 0 fully saturated rings. The fourth-order valence-electron chi connectivity index (χ4n) is 2.88. The topological polar surface area (TPSA) is 53.7 Å². The minimum Gasteiger partial charge on any atom is -0.382 e. The van der Waals surface area contributed by atoms with Crippen molar-refractivity contribution in [1.29, 1.82) is 0 Å². The second-order valence-corrected chi connectivity index (χ2v) is 5.53. The number of hydrogen-bond donors (Lipinski definition) is 1. The van der Waals surface area contributed by atoms with Gasteiger partial charge in [0.2, 0.25) is 0 Å². The van der Waals surface area contributed by atoms with Gasteiger partial charge < -0.3 is 19.9 Å². The molecule has 1 aromatic carbocycles. The molecular formula is C17H27NO3. The summed E-state index contributed by atoms with van der Waals surface area (Å²) in [4.78, 5) is 0. The number of nitrogens with two attached hydrogens (primary N) is 1. The van der Waals surface area contributed by atoms with Crippen molar-refractivity contribution in [3.63, 3.8) is 0 Å². The van der Waals surface area contributed by atoms with Gasteiger partial charge in [0, 0.05) is 19.8 Å². The zero-order valence-electron chi connectivity index (χ0n) is 12.9. The molecule has 2 unspecified atom stereocenters. The molecule has 4 heteroatoms. The third kappa shape index (κ3) is 5.08. The first-order chi connectivity index (χ1) is 10.3. The molecular weight excluding hydrogens is 266 g/mol. The van der Waals surface area contributed by atoms with Gasteiger partial charge >= 0.3 is 0 Å². The smallest absolute Gasteiger partial charge is 0.0701 e. The highest BCUT2D eigenvalue weighted by Gasteiger charge is 2.25. The van der Waals surface area contributed by atoms with Gasteiger partial charge in [-0.25, -0.2) is 0 Å². The molecule has 0 saturated heterocycles. The summed E-state index contributed by atoms with van der Waals surface area (Å²) < 4.78 is 15.9. The van der Waals surface area contributed by atoms with Gasteiger partial charge in [-0.2, -0.15) is 0 Å². The number of rotatable bonds is 9. The molecule has 118 valence electrons. The molecule has 0 heterocycles. The third-order valence-electron chi connectivity index (χ3n) is 4.14. The van der Waals surface area contributed by atoms with Crippen molar-refractivity contribution in [2.24, 2.45) is 11.7 Å². The Labute approximate surface area is 127 Å². The van der Waals surface area contributed by atoms with E-state index in [9.17, 15) is 0 Å². The highest BCUT2D eigenvalue weighted by atomic mass is 16.5. The second kappa shape index (κ2) is 9.15. The van der Waals surface area contributed by atoms with Crippen molar-refractivity contribution in [2.45, 2.75) is 25.3 Å². The van der Waals surface area contributed by atoms with Crippen LogP contribution in [0.15, 0.2) is 24.3 Å². The van der Waals surface area contributed by atoms with Crippen LogP contribution in [0.5, 0.6) is 0 Å². The minimum atomic E-state index is 0.150. The van der Waals surface area contributed by atoms with Gasteiger partial charge in [0.05, 0.1) is 26.4 Å². The summed E-state index contributed by atoms with van der Waals surface area (Å²) in [5.74, 6) is 0.523. The van der Waals surface area contributed by atoms with Gasteiger partial charge in [-0.1, -0.05) is 24.3 Å². The molecule has 2 rings (SSSR count). The number of methoxy groups -OCH3 is 1. The van der Waals surface area contributed by atoms with Crippen LogP contribution in [-0.4, -0.2) is 40.1 Å². The molecule has 0 bridgehead atoms. The van der Waals surface area contributed by atoms with Crippen molar-refractivity contribution < 1.29 is 14.2 Å². The maximum atomic E-state index is 6.39. The number of hydrogen-bond acceptors (Lipinski definition) is 4. The Morgan fingerprint density at radius 2 is 1.76 bits per heavy atom. The van der Waals surface area contributed by atoms with Gasteiger partial charge in [0.1, 0.15) is 0 Å². The van der Waals surface area contributed by atoms with Gasteiger partial charge in [-0.3, -0.25) is 0 Å². The Hall–Kier alpha value is -0.940. The van der Waals surface area contributed by atoms with Gasteiger partial charge in [0.25, 0.3) is 0 Å². The normalized spacial score (nSPS) is 21.2. The number of benzene rings is 1. The standard InChI is InChI=1S/C17H27NO3/c1-19-10-11-21-13-12-20-9-8-15-7-6-14-4-2-3-5-16(14)17(15)18/h2-5,15,17H,6-13,18H2,1H3. The molecule has 1 aliphatic carbocycles. The zero-order valence-corrected chi connectivity index (χ0v) is 12.9. The van der Waals surface area contributed by atoms with Crippen LogP contribution in [0, 0.1) is 5.92 Å². The molecule has 0 saturated carbocycles. The lowest BCUT2D eigenvalue weighted by atomic mass is 9.79. The van der Waals surface area contributed by atoms with Crippen molar-refractivity contribution in [1.82, 2.24) is 0 Å². The lowest BCUT2D eigenvalue weighted by Crippen LogP contribution is -2.28. The quantitative estimate of drug-likeness (QED) is 0.710. The summed E-state index contributed by atoms with van der Waals surface area (Å²) in [6, 6.07) is 8.68. The van der Waals surface area contributed by atoms with Gasteiger partial charge in [0.15, 0.2) is 0 Å². The average Bonchev–Trinajstić information content (AvgIpc) is 2.52. The van der Waals surface area contributed by atoms with E-state index in [0.29, 0.717) is 32.3 Å². The van der Waals surface area contributed by atoms with E-state index in [0.717, 1.165) is 25.9 Å². The lowest BCUT2D eigenvalue weighted by Gasteiger charge is -2.31. The van der Waals surface area contributed by atoms with E-state index in [-0.39, 0.29) is 6.04 Å². The molecule has 0 radical (unpaired) electrons. The number of aryl methyl sites for hydroxylation is 1. The lowest BCUT2D eigenvalue weighted by molar-refractivity contribution is 0.0207. The van der Waals surface area contributed by atoms with E-state index in [2.05, 4.69) is 24.3 Å². The predicted molar refractivity (Wildman–Crippen MR) is 83.3 cm³/mol. The van der Waals surface area contributed by atoms with Crippen LogP contribution in [0.4, 0.5) is 0 Å². The van der Waals surface area contributed by atoms with Crippen LogP contribution in [0.2, 0.25) is 0 Å². The Morgan fingerprint density at radius 3 is 2.57 bits per heavy atom. The first-order valence-corrected chi connectivity index (χ1v) is 7.80. The molecule has 0 amide bonds. The Morgan fingerprint density at radius 1 is 1.05 bits per heavy atom. The SMILES string of the molecule is COCCOCCOCCC1CCc2ccccc2C1N. The summed E-state index contributed by atoms with van der Waals surface area (Å²) in [5, 5.41) is 0. The summed E-state index contributed by atoms with van der Waals surface area (Å²) in [7, 11) is 1.67. The van der Waals surface area contributed by atoms with E-state index >= 15 is 0 Å². The van der Waals surface area contributed by atoms with Crippen LogP contribution in [0.1, 0.15) is 30.0 Å². The first-order valence-electron chi connectivity index (χ1n) is 7.80. The largest absolute Gasteiger partial charge is 0.382 e. The van der Waals surface area contributed by atoms with Crippen LogP contribution in [0.25, 0.3) is 0 Å². The predicted octanol–water partition coefficient (Wildman–Crippen LogP) is 2.32. The Bertz CT molecular complexity index is 411. The van der Waals surface area contributed by atoms with Crippen LogP contribution in [-0.2, 0) is 20.6 Å². The number of fused-ring (bicyclic) bond motifs is 1. The maximum absolute atomic E-state index is 6.39. The van der Waals surface area contributed by atoms with Crippen LogP contribution < -0.4 is 5.73 Å². The van der Waals surface area contributed by atoms with Crippen LogP contribution >= 0.6 is 0 Å². The molecule has 0 spiro atoms. The summed E-state index contributed by atoms with van der Waals surface area (Å²) in [6.45, 7) is 3.29. The molecule has 2 atom stereocenters. The monoisotopic (exact) mass is 293 g/mol. The molecule has 21 heavy (non-hydrogen) atoms. The highest BCUT2D eigenvalue weighted by molar-refractivity contribution is 5.32. The van der Waals surface area contributed by atoms with Crippen molar-refractivity contribution >= 4 is 0 Å². The Balaban J connectivity index is 1.62. The molecule has 1 aromatic rings. The second-order valence-electron chi connectivity index (χ2n) is 5.53. The fourth-order valence-corrected chi connectivity index (χ4v) is 2.88. The third-order valence-corrected chi connectivity index (χ3v) is 4.14. The zero-order chi connectivity index (χ0) is 14.9. The van der Waals surface area contributed by atoms with E-state index in [1.807, 2.05) is 0 Å². The first kappa shape index (κ1) is 16.4. The van der Waals surface area contributed by atoms with Crippen molar-refractivity contribution in [3.8, 4) is 0 Å². The minimum absolute atomic E-state index is 0.150. The summed E-state index contributed by atoms with van der Waals surface area (Å²) in [5.41, 5.74) is 9.12. The number of ether oxygens (including phenoxy) is 3. The van der Waals surface area contributed by atoms with E-state index in [1.165, 1.54) is 11.1 Å². The fraction of sp³-hybridized carbons (Fsp3) is 0.647. The van der Waals surface area contributed by atoms with E-state index in [4.69, 9.17) is 19.9 Å². The van der Waals surface area contributed by atoms with E-state index < -0.39 is 0 Å². The highest BCUT2D eigenvalue weighted by Crippen LogP contribution is 2.34. The molecule has 0 aromatic heterocycles. The Kier molecular flexibility index (Phi) is 7.16. The summed E-state index contributed by atoms with van der Waals surface area (Å²) >= 11 is 0. The maximum Gasteiger partial charge on any atom is 0.0701 e. The molecule has 0 aliphatic heterocycles. The van der Waals surface area contributed by atoms with Gasteiger partial charge in [-0.05, 0) is 36.3 Å². The van der Waals surface area contributed by atoms with Gasteiger partial charge in [-0.15, -0.1) is 0 Å². The molecule has 1 aliphatic rings. The molecule has 2 N–H and O–H groups in total. The molecule has 4 nitrogen and oxygen atoms in total. The summed E-state index contributed by atoms with van der Waals surface area (Å²) in [6.07, 6.45) is 3.31. The van der Waals surface area contributed by atoms with E-state index in [1.54, 1.807) is 7.11 Å². The average molecular weight is 293 g/mol.